The van der Waals surface area contributed by atoms with Gasteiger partial charge in [0.05, 0.1) is 29.8 Å². The first kappa shape index (κ1) is 24.9. The van der Waals surface area contributed by atoms with E-state index in [9.17, 15) is 9.18 Å². The van der Waals surface area contributed by atoms with Gasteiger partial charge in [0.2, 0.25) is 0 Å². The Morgan fingerprint density at radius 3 is 2.31 bits per heavy atom. The van der Waals surface area contributed by atoms with E-state index < -0.39 is 0 Å². The molecule has 1 aromatic heterocycles. The van der Waals surface area contributed by atoms with Gasteiger partial charge in [-0.25, -0.2) is 14.5 Å². The minimum atomic E-state index is -0.370. The molecule has 0 unspecified atom stereocenters. The summed E-state index contributed by atoms with van der Waals surface area (Å²) in [5.74, 6) is 0.801. The Morgan fingerprint density at radius 1 is 1.03 bits per heavy atom. The molecular weight excluding hydrogens is 483 g/mol. The number of aryl methyl sites for hydroxylation is 1. The van der Waals surface area contributed by atoms with Crippen molar-refractivity contribution in [1.82, 2.24) is 15.2 Å². The average molecular weight is 507 g/mol. The van der Waals surface area contributed by atoms with Crippen molar-refractivity contribution in [2.45, 2.75) is 20.5 Å². The second-order valence-electron chi connectivity index (χ2n) is 7.77. The molecule has 0 aliphatic rings. The van der Waals surface area contributed by atoms with E-state index in [2.05, 4.69) is 15.6 Å². The van der Waals surface area contributed by atoms with E-state index in [1.807, 2.05) is 43.3 Å². The number of hydrogen-bond donors (Lipinski definition) is 1. The van der Waals surface area contributed by atoms with Gasteiger partial charge >= 0.3 is 0 Å². The van der Waals surface area contributed by atoms with Gasteiger partial charge in [0.1, 0.15) is 29.1 Å². The van der Waals surface area contributed by atoms with Crippen LogP contribution in [-0.2, 0) is 6.61 Å². The molecule has 0 aliphatic heterocycles. The van der Waals surface area contributed by atoms with Crippen molar-refractivity contribution < 1.29 is 18.7 Å². The summed E-state index contributed by atoms with van der Waals surface area (Å²) >= 11 is 6.43. The minimum absolute atomic E-state index is 0.300. The Morgan fingerprint density at radius 2 is 1.67 bits per heavy atom. The maximum absolute atomic E-state index is 13.2. The standard InChI is InChI=1S/C27H24ClFN4O3/c1-3-35-23-12-14-24(15-13-23)36-17-19-4-6-20(7-5-19)27(34)31-30-16-25-18(2)32-33(26(25)28)22-10-8-21(29)9-11-22/h4-16H,3,17H2,1-2H3,(H,31,34)/b30-16+. The molecule has 36 heavy (non-hydrogen) atoms. The van der Waals surface area contributed by atoms with E-state index in [0.717, 1.165) is 17.1 Å². The molecule has 1 N–H and O–H groups in total. The maximum Gasteiger partial charge on any atom is 0.271 e. The number of aromatic nitrogens is 2. The number of hydrogen-bond acceptors (Lipinski definition) is 5. The van der Waals surface area contributed by atoms with E-state index in [1.165, 1.54) is 23.0 Å². The highest BCUT2D eigenvalue weighted by molar-refractivity contribution is 6.32. The molecule has 4 aromatic rings. The SMILES string of the molecule is CCOc1ccc(OCc2ccc(C(=O)N/N=C/c3c(C)nn(-c4ccc(F)cc4)c3Cl)cc2)cc1. The molecule has 184 valence electrons. The van der Waals surface area contributed by atoms with Gasteiger partial charge in [-0.05, 0) is 80.1 Å². The Labute approximate surface area is 213 Å². The fourth-order valence-corrected chi connectivity index (χ4v) is 3.67. The lowest BCUT2D eigenvalue weighted by Gasteiger charge is -2.08. The number of carbonyl (C=O) groups is 1. The number of benzene rings is 3. The van der Waals surface area contributed by atoms with E-state index >= 15 is 0 Å². The van der Waals surface area contributed by atoms with Gasteiger partial charge in [-0.2, -0.15) is 10.2 Å². The lowest BCUT2D eigenvalue weighted by molar-refractivity contribution is 0.0955. The lowest BCUT2D eigenvalue weighted by atomic mass is 10.1. The summed E-state index contributed by atoms with van der Waals surface area (Å²) < 4.78 is 25.9. The van der Waals surface area contributed by atoms with Crippen molar-refractivity contribution in [2.24, 2.45) is 5.10 Å². The zero-order valence-corrected chi connectivity index (χ0v) is 20.5. The fourth-order valence-electron chi connectivity index (χ4n) is 3.35. The Bertz CT molecular complexity index is 1350. The number of hydrazone groups is 1. The molecule has 0 aliphatic carbocycles. The molecule has 7 nitrogen and oxygen atoms in total. The third-order valence-corrected chi connectivity index (χ3v) is 5.60. The lowest BCUT2D eigenvalue weighted by Crippen LogP contribution is -2.17. The normalized spacial score (nSPS) is 11.0. The van der Waals surface area contributed by atoms with Crippen molar-refractivity contribution in [3.05, 3.63) is 106 Å². The van der Waals surface area contributed by atoms with Crippen LogP contribution in [0.1, 0.15) is 34.1 Å². The molecule has 0 saturated heterocycles. The van der Waals surface area contributed by atoms with E-state index in [0.29, 0.717) is 40.9 Å². The topological polar surface area (TPSA) is 77.7 Å². The molecule has 3 aromatic carbocycles. The number of nitrogens with one attached hydrogen (secondary N) is 1. The summed E-state index contributed by atoms with van der Waals surface area (Å²) in [5.41, 5.74) is 5.62. The van der Waals surface area contributed by atoms with Crippen LogP contribution in [0.15, 0.2) is 77.9 Å². The van der Waals surface area contributed by atoms with Crippen molar-refractivity contribution in [3.63, 3.8) is 0 Å². The summed E-state index contributed by atoms with van der Waals surface area (Å²) in [5, 5.41) is 8.69. The van der Waals surface area contributed by atoms with Crippen LogP contribution in [0.25, 0.3) is 5.69 Å². The monoisotopic (exact) mass is 506 g/mol. The molecule has 0 radical (unpaired) electrons. The first-order valence-corrected chi connectivity index (χ1v) is 11.6. The van der Waals surface area contributed by atoms with Crippen LogP contribution in [0.5, 0.6) is 11.5 Å². The quantitative estimate of drug-likeness (QED) is 0.233. The van der Waals surface area contributed by atoms with Gasteiger partial charge in [0, 0.05) is 5.56 Å². The highest BCUT2D eigenvalue weighted by atomic mass is 35.5. The number of rotatable bonds is 9. The van der Waals surface area contributed by atoms with Crippen molar-refractivity contribution in [2.75, 3.05) is 6.61 Å². The van der Waals surface area contributed by atoms with Crippen molar-refractivity contribution in [3.8, 4) is 17.2 Å². The smallest absolute Gasteiger partial charge is 0.271 e. The molecule has 4 rings (SSSR count). The fraction of sp³-hybridized carbons (Fsp3) is 0.148. The van der Waals surface area contributed by atoms with Crippen LogP contribution in [-0.4, -0.2) is 28.5 Å². The third kappa shape index (κ3) is 6.09. The van der Waals surface area contributed by atoms with Crippen molar-refractivity contribution >= 4 is 23.7 Å². The van der Waals surface area contributed by atoms with Gasteiger partial charge in [0.15, 0.2) is 0 Å². The number of carbonyl (C=O) groups excluding carboxylic acids is 1. The van der Waals surface area contributed by atoms with E-state index in [4.69, 9.17) is 21.1 Å². The summed E-state index contributed by atoms with van der Waals surface area (Å²) in [4.78, 5) is 12.5. The molecule has 0 spiro atoms. The van der Waals surface area contributed by atoms with Gasteiger partial charge in [0.25, 0.3) is 5.91 Å². The van der Waals surface area contributed by atoms with Gasteiger partial charge in [-0.1, -0.05) is 23.7 Å². The average Bonchev–Trinajstić information content (AvgIpc) is 3.17. The van der Waals surface area contributed by atoms with Crippen LogP contribution in [0.3, 0.4) is 0 Å². The molecule has 1 amide bonds. The number of amides is 1. The van der Waals surface area contributed by atoms with Crippen LogP contribution in [0.2, 0.25) is 5.15 Å². The predicted molar refractivity (Wildman–Crippen MR) is 137 cm³/mol. The largest absolute Gasteiger partial charge is 0.494 e. The minimum Gasteiger partial charge on any atom is -0.494 e. The molecule has 0 fully saturated rings. The second kappa shape index (κ2) is 11.5. The molecule has 0 saturated carbocycles. The van der Waals surface area contributed by atoms with Gasteiger partial charge < -0.3 is 9.47 Å². The summed E-state index contributed by atoms with van der Waals surface area (Å²) in [7, 11) is 0. The highest BCUT2D eigenvalue weighted by Crippen LogP contribution is 2.22. The molecular formula is C27H24ClFN4O3. The Balaban J connectivity index is 1.33. The van der Waals surface area contributed by atoms with Crippen LogP contribution >= 0.6 is 11.6 Å². The molecule has 0 atom stereocenters. The van der Waals surface area contributed by atoms with Crippen LogP contribution < -0.4 is 14.9 Å². The van der Waals surface area contributed by atoms with E-state index in [1.54, 1.807) is 31.2 Å². The Kier molecular flexibility index (Phi) is 7.97. The number of ether oxygens (including phenoxy) is 2. The summed E-state index contributed by atoms with van der Waals surface area (Å²) in [6, 6.07) is 20.3. The predicted octanol–water partition coefficient (Wildman–Crippen LogP) is 5.71. The van der Waals surface area contributed by atoms with E-state index in [-0.39, 0.29) is 11.7 Å². The molecule has 1 heterocycles. The summed E-state index contributed by atoms with van der Waals surface area (Å²) in [6.07, 6.45) is 1.43. The first-order chi connectivity index (χ1) is 17.4. The zero-order valence-electron chi connectivity index (χ0n) is 19.7. The highest BCUT2D eigenvalue weighted by Gasteiger charge is 2.13. The molecule has 9 heteroatoms. The van der Waals surface area contributed by atoms with Gasteiger partial charge in [-0.15, -0.1) is 0 Å². The number of nitrogens with zero attached hydrogens (tertiary/aromatic N) is 3. The van der Waals surface area contributed by atoms with Crippen LogP contribution in [0, 0.1) is 12.7 Å². The zero-order chi connectivity index (χ0) is 25.5. The Hall–Kier alpha value is -4.17. The third-order valence-electron chi connectivity index (χ3n) is 5.24. The second-order valence-corrected chi connectivity index (χ2v) is 8.13. The van der Waals surface area contributed by atoms with Crippen molar-refractivity contribution in [1.29, 1.82) is 0 Å². The first-order valence-electron chi connectivity index (χ1n) is 11.2. The summed E-state index contributed by atoms with van der Waals surface area (Å²) in [6.45, 7) is 4.68. The van der Waals surface area contributed by atoms with Gasteiger partial charge in [-0.3, -0.25) is 4.79 Å². The van der Waals surface area contributed by atoms with Crippen LogP contribution in [0.4, 0.5) is 4.39 Å². The number of halogens is 2. The maximum atomic E-state index is 13.2. The molecule has 0 bridgehead atoms.